The first-order valence-electron chi connectivity index (χ1n) is 25.4. The largest absolute Gasteiger partial charge is 0.464 e. The summed E-state index contributed by atoms with van der Waals surface area (Å²) in [7, 11) is 8.52. The van der Waals surface area contributed by atoms with Crippen molar-refractivity contribution in [1.29, 1.82) is 0 Å². The highest BCUT2D eigenvalue weighted by atomic mass is 35.5. The predicted molar refractivity (Wildman–Crippen MR) is 282 cm³/mol. The SMILES string of the molecule is CN(C)C1(Cc2ccc(Cl)cc2)CCC(NC(=O)CCC(=O)NCCC(c2ccccc2)c2ccccc2)CC1.CN(C)C1(Cc2cccc(Cl)c2)CCC(NC(=O)CCC(=O)NC2CCOC2=O)CC1. The summed E-state index contributed by atoms with van der Waals surface area (Å²) in [6.07, 6.45) is 11.4. The number of ether oxygens (including phenoxy) is 1. The lowest BCUT2D eigenvalue weighted by Crippen LogP contribution is -2.52. The molecule has 4 aromatic rings. The van der Waals surface area contributed by atoms with E-state index in [1.807, 2.05) is 42.5 Å². The molecule has 1 aliphatic heterocycles. The summed E-state index contributed by atoms with van der Waals surface area (Å²) in [5, 5.41) is 13.4. The smallest absolute Gasteiger partial charge is 0.328 e. The van der Waals surface area contributed by atoms with E-state index in [4.69, 9.17) is 27.9 Å². The van der Waals surface area contributed by atoms with Gasteiger partial charge in [0.15, 0.2) is 0 Å². The molecule has 0 aromatic heterocycles. The molecule has 382 valence electrons. The van der Waals surface area contributed by atoms with Gasteiger partial charge in [-0.1, -0.05) is 108 Å². The van der Waals surface area contributed by atoms with Crippen molar-refractivity contribution >= 4 is 52.8 Å². The maximum absolute atomic E-state index is 12.7. The molecule has 2 saturated carbocycles. The van der Waals surface area contributed by atoms with Crippen LogP contribution in [0.4, 0.5) is 0 Å². The van der Waals surface area contributed by atoms with E-state index in [9.17, 15) is 24.0 Å². The van der Waals surface area contributed by atoms with Crippen LogP contribution >= 0.6 is 23.2 Å². The maximum Gasteiger partial charge on any atom is 0.328 e. The third-order valence-electron chi connectivity index (χ3n) is 14.9. The Balaban J connectivity index is 0.000000240. The molecule has 0 spiro atoms. The van der Waals surface area contributed by atoms with Crippen LogP contribution in [0.2, 0.25) is 10.0 Å². The summed E-state index contributed by atoms with van der Waals surface area (Å²) in [6, 6.07) is 36.6. The number of halogens is 2. The van der Waals surface area contributed by atoms with Crippen LogP contribution in [-0.2, 0) is 41.6 Å². The highest BCUT2D eigenvalue weighted by Crippen LogP contribution is 2.37. The number of likely N-dealkylation sites (N-methyl/N-ethyl adjacent to an activating group) is 2. The molecule has 0 bridgehead atoms. The van der Waals surface area contributed by atoms with Crippen molar-refractivity contribution in [2.75, 3.05) is 41.3 Å². The molecule has 4 amide bonds. The minimum atomic E-state index is -0.576. The molecular formula is C57H74Cl2N6O6. The summed E-state index contributed by atoms with van der Waals surface area (Å²) >= 11 is 12.2. The van der Waals surface area contributed by atoms with Gasteiger partial charge in [0.1, 0.15) is 6.04 Å². The predicted octanol–water partition coefficient (Wildman–Crippen LogP) is 8.81. The lowest BCUT2D eigenvalue weighted by Gasteiger charge is -2.45. The van der Waals surface area contributed by atoms with Gasteiger partial charge >= 0.3 is 5.97 Å². The van der Waals surface area contributed by atoms with Crippen LogP contribution in [-0.4, -0.2) is 110 Å². The molecule has 1 unspecified atom stereocenters. The summed E-state index contributed by atoms with van der Waals surface area (Å²) in [5.74, 6) is -0.722. The first kappa shape index (κ1) is 55.1. The van der Waals surface area contributed by atoms with Gasteiger partial charge in [0.2, 0.25) is 23.6 Å². The third-order valence-corrected chi connectivity index (χ3v) is 15.4. The second-order valence-electron chi connectivity index (χ2n) is 20.1. The minimum Gasteiger partial charge on any atom is -0.464 e. The van der Waals surface area contributed by atoms with E-state index in [-0.39, 0.29) is 78.4 Å². The van der Waals surface area contributed by atoms with Gasteiger partial charge in [-0.05, 0) is 145 Å². The van der Waals surface area contributed by atoms with E-state index >= 15 is 0 Å². The topological polar surface area (TPSA) is 149 Å². The van der Waals surface area contributed by atoms with Crippen molar-refractivity contribution < 1.29 is 28.7 Å². The number of benzene rings is 4. The number of esters is 1. The van der Waals surface area contributed by atoms with Crippen molar-refractivity contribution in [2.45, 2.75) is 138 Å². The van der Waals surface area contributed by atoms with Crippen LogP contribution in [0.25, 0.3) is 0 Å². The second-order valence-corrected chi connectivity index (χ2v) is 21.0. The lowest BCUT2D eigenvalue weighted by atomic mass is 9.75. The molecule has 2 aliphatic carbocycles. The Morgan fingerprint density at radius 1 is 0.577 bits per heavy atom. The van der Waals surface area contributed by atoms with Crippen LogP contribution in [0.5, 0.6) is 0 Å². The van der Waals surface area contributed by atoms with Crippen LogP contribution in [0, 0.1) is 0 Å². The van der Waals surface area contributed by atoms with Gasteiger partial charge in [-0.2, -0.15) is 0 Å². The first-order chi connectivity index (χ1) is 34.1. The highest BCUT2D eigenvalue weighted by Gasteiger charge is 2.39. The molecule has 3 aliphatic rings. The Labute approximate surface area is 431 Å². The fourth-order valence-electron chi connectivity index (χ4n) is 10.5. The van der Waals surface area contributed by atoms with Crippen LogP contribution in [0.1, 0.15) is 118 Å². The average molecular weight is 1010 g/mol. The number of carbonyl (C=O) groups is 5. The van der Waals surface area contributed by atoms with Crippen LogP contribution in [0.3, 0.4) is 0 Å². The van der Waals surface area contributed by atoms with Gasteiger partial charge in [-0.15, -0.1) is 0 Å². The highest BCUT2D eigenvalue weighted by molar-refractivity contribution is 6.30. The molecule has 0 radical (unpaired) electrons. The summed E-state index contributed by atoms with van der Waals surface area (Å²) in [4.78, 5) is 65.6. The Kier molecular flexibility index (Phi) is 20.9. The molecule has 7 rings (SSSR count). The Bertz CT molecular complexity index is 2290. The average Bonchev–Trinajstić information content (AvgIpc) is 3.77. The summed E-state index contributed by atoms with van der Waals surface area (Å²) in [6.45, 7) is 0.898. The van der Waals surface area contributed by atoms with E-state index in [0.29, 0.717) is 19.6 Å². The van der Waals surface area contributed by atoms with Gasteiger partial charge in [-0.3, -0.25) is 19.2 Å². The molecular weight excluding hydrogens is 936 g/mol. The van der Waals surface area contributed by atoms with Gasteiger partial charge in [0.05, 0.1) is 6.61 Å². The standard InChI is InChI=1S/C34H42ClN3O2.C23H32ClN3O4/c1-38(2)34(25-26-13-15-29(35)16-14-26)22-19-30(20-23-34)37-33(40)18-17-32(39)36-24-21-31(27-9-5-3-6-10-27)28-11-7-4-8-12-28;1-27(2)23(15-16-4-3-5-17(24)14-16)11-8-18(9-12-23)25-20(28)6-7-21(29)26-19-10-13-31-22(19)30/h3-16,30-31H,17-25H2,1-2H3,(H,36,39)(H,37,40);3-5,14,18-19H,6-13,15H2,1-2H3,(H,25,28)(H,26,29). The van der Waals surface area contributed by atoms with Crippen molar-refractivity contribution in [2.24, 2.45) is 0 Å². The zero-order valence-electron chi connectivity index (χ0n) is 42.0. The monoisotopic (exact) mass is 1010 g/mol. The Morgan fingerprint density at radius 2 is 1.06 bits per heavy atom. The van der Waals surface area contributed by atoms with Gasteiger partial charge < -0.3 is 35.8 Å². The van der Waals surface area contributed by atoms with E-state index < -0.39 is 12.0 Å². The molecule has 71 heavy (non-hydrogen) atoms. The number of hydrogen-bond acceptors (Lipinski definition) is 8. The molecule has 14 heteroatoms. The second kappa shape index (κ2) is 27.0. The molecule has 4 aromatic carbocycles. The van der Waals surface area contributed by atoms with Gasteiger partial charge in [0, 0.05) is 77.8 Å². The van der Waals surface area contributed by atoms with Crippen LogP contribution < -0.4 is 21.3 Å². The third kappa shape index (κ3) is 16.9. The Hall–Kier alpha value is -5.27. The Morgan fingerprint density at radius 3 is 1.52 bits per heavy atom. The van der Waals surface area contributed by atoms with Crippen molar-refractivity contribution in [3.63, 3.8) is 0 Å². The summed E-state index contributed by atoms with van der Waals surface area (Å²) in [5.41, 5.74) is 5.10. The number of hydrogen-bond donors (Lipinski definition) is 4. The molecule has 3 fully saturated rings. The minimum absolute atomic E-state index is 0.0401. The van der Waals surface area contributed by atoms with E-state index in [0.717, 1.165) is 80.7 Å². The number of cyclic esters (lactones) is 1. The number of carbonyl (C=O) groups excluding carboxylic acids is 5. The fourth-order valence-corrected chi connectivity index (χ4v) is 10.8. The first-order valence-corrected chi connectivity index (χ1v) is 26.1. The molecule has 1 saturated heterocycles. The van der Waals surface area contributed by atoms with E-state index in [2.05, 4.69) is 126 Å². The van der Waals surface area contributed by atoms with Gasteiger partial charge in [0.25, 0.3) is 0 Å². The normalized spacial score (nSPS) is 22.0. The number of amides is 4. The fraction of sp³-hybridized carbons (Fsp3) is 0.491. The maximum atomic E-state index is 12.7. The van der Waals surface area contributed by atoms with Gasteiger partial charge in [-0.25, -0.2) is 4.79 Å². The molecule has 4 N–H and O–H groups in total. The molecule has 1 heterocycles. The van der Waals surface area contributed by atoms with E-state index in [1.165, 1.54) is 22.3 Å². The van der Waals surface area contributed by atoms with Crippen molar-refractivity contribution in [3.8, 4) is 0 Å². The van der Waals surface area contributed by atoms with Crippen LogP contribution in [0.15, 0.2) is 109 Å². The van der Waals surface area contributed by atoms with Crippen molar-refractivity contribution in [1.82, 2.24) is 31.1 Å². The molecule has 1 atom stereocenters. The van der Waals surface area contributed by atoms with E-state index in [1.54, 1.807) is 0 Å². The number of rotatable bonds is 20. The lowest BCUT2D eigenvalue weighted by molar-refractivity contribution is -0.141. The summed E-state index contributed by atoms with van der Waals surface area (Å²) < 4.78 is 4.83. The number of nitrogens with zero attached hydrogens (tertiary/aromatic N) is 2. The van der Waals surface area contributed by atoms with Crippen molar-refractivity contribution in [3.05, 3.63) is 141 Å². The number of nitrogens with one attached hydrogen (secondary N) is 4. The zero-order chi connectivity index (χ0) is 50.8. The quantitative estimate of drug-likeness (QED) is 0.0643. The zero-order valence-corrected chi connectivity index (χ0v) is 43.5. The molecule has 12 nitrogen and oxygen atoms in total.